The molecule has 0 atom stereocenters. The fraction of sp³-hybridized carbons (Fsp3) is 0.250. The van der Waals surface area contributed by atoms with Crippen molar-refractivity contribution in [3.05, 3.63) is 34.2 Å². The van der Waals surface area contributed by atoms with Gasteiger partial charge in [0.15, 0.2) is 5.82 Å². The van der Waals surface area contributed by atoms with Gasteiger partial charge in [-0.05, 0) is 36.6 Å². The predicted molar refractivity (Wildman–Crippen MR) is 73.7 cm³/mol. The van der Waals surface area contributed by atoms with Gasteiger partial charge in [-0.15, -0.1) is 11.3 Å². The lowest BCUT2D eigenvalue weighted by molar-refractivity contribution is 0.851. The van der Waals surface area contributed by atoms with Gasteiger partial charge < -0.3 is 0 Å². The van der Waals surface area contributed by atoms with Crippen LogP contribution in [0.5, 0.6) is 0 Å². The van der Waals surface area contributed by atoms with Gasteiger partial charge >= 0.3 is 0 Å². The molecule has 3 aromatic heterocycles. The van der Waals surface area contributed by atoms with Gasteiger partial charge in [0.2, 0.25) is 5.28 Å². The third kappa shape index (κ3) is 1.89. The molecule has 0 fully saturated rings. The number of thiophene rings is 1. The van der Waals surface area contributed by atoms with Crippen molar-refractivity contribution >= 4 is 33.2 Å². The van der Waals surface area contributed by atoms with Gasteiger partial charge in [-0.2, -0.15) is 10.1 Å². The fourth-order valence-electron chi connectivity index (χ4n) is 1.81. The largest absolute Gasteiger partial charge is 0.225 e. The minimum atomic E-state index is 0.259. The molecular weight excluding hydrogens is 268 g/mol. The van der Waals surface area contributed by atoms with Crippen LogP contribution in [-0.2, 0) is 6.42 Å². The summed E-state index contributed by atoms with van der Waals surface area (Å²) in [4.78, 5) is 10.7. The van der Waals surface area contributed by atoms with Crippen LogP contribution in [-0.4, -0.2) is 19.7 Å². The average molecular weight is 279 g/mol. The number of halogens is 1. The van der Waals surface area contributed by atoms with E-state index in [0.29, 0.717) is 0 Å². The lowest BCUT2D eigenvalue weighted by Gasteiger charge is -2.02. The Hall–Kier alpha value is -1.46. The first-order valence-corrected chi connectivity index (χ1v) is 6.84. The van der Waals surface area contributed by atoms with E-state index in [2.05, 4.69) is 28.1 Å². The molecule has 0 aliphatic heterocycles. The van der Waals surface area contributed by atoms with Crippen LogP contribution in [0.3, 0.4) is 0 Å². The van der Waals surface area contributed by atoms with Crippen molar-refractivity contribution in [1.29, 1.82) is 0 Å². The Bertz CT molecular complexity index is 716. The van der Waals surface area contributed by atoms with E-state index in [-0.39, 0.29) is 5.28 Å². The Labute approximate surface area is 113 Å². The first kappa shape index (κ1) is 11.6. The lowest BCUT2D eigenvalue weighted by Crippen LogP contribution is -1.99. The van der Waals surface area contributed by atoms with E-state index < -0.39 is 0 Å². The van der Waals surface area contributed by atoms with Crippen molar-refractivity contribution in [3.8, 4) is 5.82 Å². The standard InChI is InChI=1S/C12H11ClN4S/c1-3-8-4-9-10(17-6-7(2)5-14-17)15-12(13)16-11(9)18-8/h4-6H,3H2,1-2H3. The molecule has 0 saturated heterocycles. The van der Waals surface area contributed by atoms with E-state index in [0.717, 1.165) is 28.0 Å². The van der Waals surface area contributed by atoms with Crippen LogP contribution in [0.1, 0.15) is 17.4 Å². The predicted octanol–water partition coefficient (Wildman–Crippen LogP) is 3.40. The lowest BCUT2D eigenvalue weighted by atomic mass is 10.3. The van der Waals surface area contributed by atoms with Gasteiger partial charge in [-0.25, -0.2) is 9.67 Å². The third-order valence-corrected chi connectivity index (χ3v) is 4.02. The maximum absolute atomic E-state index is 5.98. The molecule has 0 unspecified atom stereocenters. The number of aromatic nitrogens is 4. The zero-order valence-corrected chi connectivity index (χ0v) is 11.6. The first-order chi connectivity index (χ1) is 8.67. The minimum absolute atomic E-state index is 0.259. The topological polar surface area (TPSA) is 43.6 Å². The van der Waals surface area contributed by atoms with Crippen LogP contribution in [0.25, 0.3) is 16.0 Å². The summed E-state index contributed by atoms with van der Waals surface area (Å²) in [5.41, 5.74) is 1.09. The van der Waals surface area contributed by atoms with E-state index in [1.807, 2.05) is 13.1 Å². The van der Waals surface area contributed by atoms with Gasteiger partial charge in [0.1, 0.15) is 4.83 Å². The Kier molecular flexibility index (Phi) is 2.80. The van der Waals surface area contributed by atoms with Crippen LogP contribution in [0.2, 0.25) is 5.28 Å². The van der Waals surface area contributed by atoms with Gasteiger partial charge in [-0.3, -0.25) is 0 Å². The van der Waals surface area contributed by atoms with Crippen molar-refractivity contribution in [2.24, 2.45) is 0 Å². The highest BCUT2D eigenvalue weighted by Crippen LogP contribution is 2.29. The Morgan fingerprint density at radius 2 is 2.22 bits per heavy atom. The molecule has 3 aromatic rings. The van der Waals surface area contributed by atoms with E-state index in [4.69, 9.17) is 11.6 Å². The monoisotopic (exact) mass is 278 g/mol. The number of hydrogen-bond donors (Lipinski definition) is 0. The summed E-state index contributed by atoms with van der Waals surface area (Å²) in [6.07, 6.45) is 4.71. The van der Waals surface area contributed by atoms with E-state index in [1.165, 1.54) is 4.88 Å². The summed E-state index contributed by atoms with van der Waals surface area (Å²) >= 11 is 7.63. The summed E-state index contributed by atoms with van der Waals surface area (Å²) in [5.74, 6) is 0.744. The average Bonchev–Trinajstić information content (AvgIpc) is 2.93. The maximum Gasteiger partial charge on any atom is 0.225 e. The highest BCUT2D eigenvalue weighted by Gasteiger charge is 2.12. The second-order valence-corrected chi connectivity index (χ2v) is 5.52. The number of fused-ring (bicyclic) bond motifs is 1. The molecule has 0 amide bonds. The summed E-state index contributed by atoms with van der Waals surface area (Å²) in [7, 11) is 0. The summed E-state index contributed by atoms with van der Waals surface area (Å²) in [6.45, 7) is 4.12. The molecule has 0 saturated carbocycles. The normalized spacial score (nSPS) is 11.3. The molecule has 3 rings (SSSR count). The van der Waals surface area contributed by atoms with Crippen LogP contribution in [0.4, 0.5) is 0 Å². The van der Waals surface area contributed by atoms with Gasteiger partial charge in [0.25, 0.3) is 0 Å². The molecule has 92 valence electrons. The molecule has 0 N–H and O–H groups in total. The fourth-order valence-corrected chi connectivity index (χ4v) is 2.98. The van der Waals surface area contributed by atoms with Crippen LogP contribution in [0, 0.1) is 6.92 Å². The molecule has 0 aliphatic rings. The van der Waals surface area contributed by atoms with Gasteiger partial charge in [-0.1, -0.05) is 6.92 Å². The van der Waals surface area contributed by atoms with E-state index in [1.54, 1.807) is 22.2 Å². The molecule has 0 bridgehead atoms. The molecule has 0 aliphatic carbocycles. The first-order valence-electron chi connectivity index (χ1n) is 5.65. The molecule has 0 spiro atoms. The summed E-state index contributed by atoms with van der Waals surface area (Å²) in [5, 5.41) is 5.55. The molecule has 18 heavy (non-hydrogen) atoms. The minimum Gasteiger partial charge on any atom is -0.222 e. The van der Waals surface area contributed by atoms with Crippen molar-refractivity contribution in [2.75, 3.05) is 0 Å². The molecular formula is C12H11ClN4S. The quantitative estimate of drug-likeness (QED) is 0.675. The SMILES string of the molecule is CCc1cc2c(-n3cc(C)cn3)nc(Cl)nc2s1. The van der Waals surface area contributed by atoms with Crippen molar-refractivity contribution in [1.82, 2.24) is 19.7 Å². The molecule has 0 aromatic carbocycles. The second kappa shape index (κ2) is 4.33. The number of hydrogen-bond acceptors (Lipinski definition) is 4. The molecule has 4 nitrogen and oxygen atoms in total. The van der Waals surface area contributed by atoms with Crippen LogP contribution in [0.15, 0.2) is 18.5 Å². The number of aryl methyl sites for hydroxylation is 2. The Morgan fingerprint density at radius 1 is 1.39 bits per heavy atom. The zero-order chi connectivity index (χ0) is 12.7. The van der Waals surface area contributed by atoms with E-state index >= 15 is 0 Å². The zero-order valence-electron chi connectivity index (χ0n) is 10.0. The molecule has 3 heterocycles. The molecule has 6 heteroatoms. The van der Waals surface area contributed by atoms with Crippen molar-refractivity contribution in [2.45, 2.75) is 20.3 Å². The van der Waals surface area contributed by atoms with Crippen LogP contribution < -0.4 is 0 Å². The summed E-state index contributed by atoms with van der Waals surface area (Å²) in [6, 6.07) is 2.11. The third-order valence-electron chi connectivity index (χ3n) is 2.67. The Morgan fingerprint density at radius 3 is 2.89 bits per heavy atom. The van der Waals surface area contributed by atoms with Crippen LogP contribution >= 0.6 is 22.9 Å². The van der Waals surface area contributed by atoms with Crippen molar-refractivity contribution < 1.29 is 0 Å². The van der Waals surface area contributed by atoms with Crippen molar-refractivity contribution in [3.63, 3.8) is 0 Å². The number of rotatable bonds is 2. The molecule has 0 radical (unpaired) electrons. The second-order valence-electron chi connectivity index (χ2n) is 4.06. The maximum atomic E-state index is 5.98. The Balaban J connectivity index is 2.29. The number of nitrogens with zero attached hydrogens (tertiary/aromatic N) is 4. The van der Waals surface area contributed by atoms with Gasteiger partial charge in [0, 0.05) is 11.1 Å². The smallest absolute Gasteiger partial charge is 0.222 e. The highest BCUT2D eigenvalue weighted by atomic mass is 35.5. The summed E-state index contributed by atoms with van der Waals surface area (Å²) < 4.78 is 1.75. The highest BCUT2D eigenvalue weighted by molar-refractivity contribution is 7.18. The van der Waals surface area contributed by atoms with E-state index in [9.17, 15) is 0 Å². The van der Waals surface area contributed by atoms with Gasteiger partial charge in [0.05, 0.1) is 11.6 Å².